The first-order valence-electron chi connectivity index (χ1n) is 11.9. The van der Waals surface area contributed by atoms with E-state index in [2.05, 4.69) is 13.0 Å². The number of amides is 1. The van der Waals surface area contributed by atoms with Gasteiger partial charge in [-0.1, -0.05) is 25.1 Å². The van der Waals surface area contributed by atoms with E-state index in [-0.39, 0.29) is 11.5 Å². The fraction of sp³-hybridized carbons (Fsp3) is 0.321. The van der Waals surface area contributed by atoms with Crippen LogP contribution < -0.4 is 4.74 Å². The molecule has 2 heterocycles. The topological polar surface area (TPSA) is 71.1 Å². The van der Waals surface area contributed by atoms with Gasteiger partial charge in [0.15, 0.2) is 0 Å². The summed E-state index contributed by atoms with van der Waals surface area (Å²) in [6, 6.07) is 17.9. The van der Waals surface area contributed by atoms with Gasteiger partial charge < -0.3 is 9.64 Å². The Bertz CT molecular complexity index is 1210. The number of ether oxygens (including phenoxy) is 1. The third-order valence-electron chi connectivity index (χ3n) is 5.98. The molecule has 1 saturated heterocycles. The van der Waals surface area contributed by atoms with Crippen LogP contribution in [0.4, 0.5) is 0 Å². The summed E-state index contributed by atoms with van der Waals surface area (Å²) in [5.41, 5.74) is 4.45. The van der Waals surface area contributed by atoms with Crippen molar-refractivity contribution in [1.82, 2.24) is 14.7 Å². The lowest BCUT2D eigenvalue weighted by Crippen LogP contribution is -2.36. The van der Waals surface area contributed by atoms with E-state index in [9.17, 15) is 10.1 Å². The first kappa shape index (κ1) is 23.3. The molecule has 0 spiro atoms. The van der Waals surface area contributed by atoms with Crippen molar-refractivity contribution in [3.05, 3.63) is 71.4 Å². The lowest BCUT2D eigenvalue weighted by molar-refractivity contribution is -0.127. The molecule has 0 atom stereocenters. The number of likely N-dealkylation sites (tertiary alicyclic amines) is 1. The van der Waals surface area contributed by atoms with Crippen LogP contribution in [0.3, 0.4) is 0 Å². The summed E-state index contributed by atoms with van der Waals surface area (Å²) in [4.78, 5) is 14.8. The number of aryl methyl sites for hydroxylation is 1. The van der Waals surface area contributed by atoms with Gasteiger partial charge in [0, 0.05) is 30.4 Å². The van der Waals surface area contributed by atoms with E-state index in [0.29, 0.717) is 19.7 Å². The molecular weight excluding hydrogens is 424 g/mol. The van der Waals surface area contributed by atoms with Gasteiger partial charge in [0.1, 0.15) is 23.1 Å². The Morgan fingerprint density at radius 2 is 1.91 bits per heavy atom. The summed E-state index contributed by atoms with van der Waals surface area (Å²) in [7, 11) is 0. The van der Waals surface area contributed by atoms with Crippen molar-refractivity contribution in [2.24, 2.45) is 0 Å². The van der Waals surface area contributed by atoms with E-state index in [1.807, 2.05) is 61.7 Å². The second-order valence-corrected chi connectivity index (χ2v) is 8.56. The minimum atomic E-state index is -0.208. The van der Waals surface area contributed by atoms with Crippen LogP contribution in [0.1, 0.15) is 43.7 Å². The first-order chi connectivity index (χ1) is 16.6. The highest BCUT2D eigenvalue weighted by molar-refractivity contribution is 6.02. The van der Waals surface area contributed by atoms with Gasteiger partial charge in [-0.3, -0.25) is 4.79 Å². The fourth-order valence-corrected chi connectivity index (χ4v) is 4.19. The predicted molar refractivity (Wildman–Crippen MR) is 134 cm³/mol. The minimum Gasteiger partial charge on any atom is -0.494 e. The Morgan fingerprint density at radius 3 is 2.59 bits per heavy atom. The van der Waals surface area contributed by atoms with E-state index >= 15 is 0 Å². The number of nitriles is 1. The number of carbonyl (C=O) groups is 1. The number of hydrogen-bond acceptors (Lipinski definition) is 4. The van der Waals surface area contributed by atoms with Gasteiger partial charge in [-0.2, -0.15) is 10.4 Å². The Hall–Kier alpha value is -3.85. The molecule has 1 aliphatic rings. The van der Waals surface area contributed by atoms with Gasteiger partial charge >= 0.3 is 0 Å². The number of rotatable bonds is 7. The van der Waals surface area contributed by atoms with E-state index < -0.39 is 0 Å². The molecule has 174 valence electrons. The van der Waals surface area contributed by atoms with Crippen molar-refractivity contribution in [3.63, 3.8) is 0 Å². The Balaban J connectivity index is 1.77. The number of para-hydroxylation sites is 1. The average molecular weight is 455 g/mol. The van der Waals surface area contributed by atoms with E-state index in [1.54, 1.807) is 15.7 Å². The zero-order chi connectivity index (χ0) is 23.9. The van der Waals surface area contributed by atoms with Crippen molar-refractivity contribution < 1.29 is 9.53 Å². The van der Waals surface area contributed by atoms with Crippen LogP contribution in [0.15, 0.2) is 60.3 Å². The molecule has 1 aliphatic heterocycles. The molecule has 6 heteroatoms. The lowest BCUT2D eigenvalue weighted by atomic mass is 10.0. The molecule has 0 radical (unpaired) electrons. The van der Waals surface area contributed by atoms with Gasteiger partial charge in [-0.05, 0) is 74.6 Å². The van der Waals surface area contributed by atoms with Gasteiger partial charge in [0.25, 0.3) is 5.91 Å². The molecule has 0 saturated carbocycles. The van der Waals surface area contributed by atoms with Crippen LogP contribution in [-0.2, 0) is 4.79 Å². The van der Waals surface area contributed by atoms with Crippen molar-refractivity contribution in [2.45, 2.75) is 39.5 Å². The largest absolute Gasteiger partial charge is 0.494 e. The van der Waals surface area contributed by atoms with E-state index in [1.165, 1.54) is 0 Å². The summed E-state index contributed by atoms with van der Waals surface area (Å²) < 4.78 is 7.58. The Morgan fingerprint density at radius 1 is 1.15 bits per heavy atom. The molecule has 6 nitrogen and oxygen atoms in total. The molecule has 1 aromatic heterocycles. The molecular formula is C28H30N4O2. The highest BCUT2D eigenvalue weighted by atomic mass is 16.5. The number of hydrogen-bond donors (Lipinski definition) is 0. The maximum Gasteiger partial charge on any atom is 0.264 e. The summed E-state index contributed by atoms with van der Waals surface area (Å²) >= 11 is 0. The van der Waals surface area contributed by atoms with Crippen molar-refractivity contribution in [3.8, 4) is 28.8 Å². The highest BCUT2D eigenvalue weighted by Gasteiger charge is 2.22. The third kappa shape index (κ3) is 5.20. The normalized spacial score (nSPS) is 14.0. The standard InChI is InChI=1S/C28H30N4O2/c1-3-16-34-25-12-13-26(21(2)17-25)27-23(20-32(30-27)24-10-6-4-7-11-24)18-22(19-29)28(33)31-14-8-5-9-15-31/h4,6-7,10-13,17-18,20H,3,5,8-9,14-16H2,1-2H3. The molecule has 4 rings (SSSR count). The summed E-state index contributed by atoms with van der Waals surface area (Å²) in [6.07, 6.45) is 7.59. The monoisotopic (exact) mass is 454 g/mol. The third-order valence-corrected chi connectivity index (χ3v) is 5.98. The molecule has 3 aromatic rings. The molecule has 0 N–H and O–H groups in total. The Kier molecular flexibility index (Phi) is 7.44. The second kappa shape index (κ2) is 10.8. The lowest BCUT2D eigenvalue weighted by Gasteiger charge is -2.26. The quantitative estimate of drug-likeness (QED) is 0.346. The number of aromatic nitrogens is 2. The smallest absolute Gasteiger partial charge is 0.264 e. The van der Waals surface area contributed by atoms with E-state index in [4.69, 9.17) is 9.84 Å². The zero-order valence-electron chi connectivity index (χ0n) is 19.8. The number of benzene rings is 2. The predicted octanol–water partition coefficient (Wildman–Crippen LogP) is 5.56. The van der Waals surface area contributed by atoms with Crippen molar-refractivity contribution in [2.75, 3.05) is 19.7 Å². The van der Waals surface area contributed by atoms with Crippen LogP contribution >= 0.6 is 0 Å². The number of nitrogens with zero attached hydrogens (tertiary/aromatic N) is 4. The van der Waals surface area contributed by atoms with Crippen molar-refractivity contribution in [1.29, 1.82) is 5.26 Å². The van der Waals surface area contributed by atoms with Gasteiger partial charge in [0.05, 0.1) is 12.3 Å². The molecule has 1 amide bonds. The highest BCUT2D eigenvalue weighted by Crippen LogP contribution is 2.31. The minimum absolute atomic E-state index is 0.135. The second-order valence-electron chi connectivity index (χ2n) is 8.56. The first-order valence-corrected chi connectivity index (χ1v) is 11.9. The van der Waals surface area contributed by atoms with Crippen LogP contribution in [-0.4, -0.2) is 40.3 Å². The fourth-order valence-electron chi connectivity index (χ4n) is 4.19. The maximum atomic E-state index is 13.1. The van der Waals surface area contributed by atoms with Gasteiger partial charge in [0.2, 0.25) is 0 Å². The van der Waals surface area contributed by atoms with E-state index in [0.717, 1.165) is 59.5 Å². The van der Waals surface area contributed by atoms with Gasteiger partial charge in [-0.15, -0.1) is 0 Å². The molecule has 0 unspecified atom stereocenters. The molecule has 0 aliphatic carbocycles. The molecule has 2 aromatic carbocycles. The average Bonchev–Trinajstić information content (AvgIpc) is 3.30. The number of carbonyl (C=O) groups excluding carboxylic acids is 1. The molecule has 0 bridgehead atoms. The van der Waals surface area contributed by atoms with Crippen LogP contribution in [0.25, 0.3) is 23.0 Å². The summed E-state index contributed by atoms with van der Waals surface area (Å²) in [5, 5.41) is 14.7. The van der Waals surface area contributed by atoms with Crippen molar-refractivity contribution >= 4 is 12.0 Å². The van der Waals surface area contributed by atoms with Crippen LogP contribution in [0, 0.1) is 18.3 Å². The Labute approximate surface area is 201 Å². The number of piperidine rings is 1. The zero-order valence-corrected chi connectivity index (χ0v) is 19.8. The molecule has 1 fully saturated rings. The summed E-state index contributed by atoms with van der Waals surface area (Å²) in [6.45, 7) is 6.17. The maximum absolute atomic E-state index is 13.1. The van der Waals surface area contributed by atoms with Crippen LogP contribution in [0.2, 0.25) is 0 Å². The van der Waals surface area contributed by atoms with Gasteiger partial charge in [-0.25, -0.2) is 4.68 Å². The molecule has 34 heavy (non-hydrogen) atoms. The SMILES string of the molecule is CCCOc1ccc(-c2nn(-c3ccccc3)cc2C=C(C#N)C(=O)N2CCCCC2)c(C)c1. The van der Waals surface area contributed by atoms with Crippen LogP contribution in [0.5, 0.6) is 5.75 Å². The summed E-state index contributed by atoms with van der Waals surface area (Å²) in [5.74, 6) is 0.612.